The predicted molar refractivity (Wildman–Crippen MR) is 67.7 cm³/mol. The molecule has 1 aromatic heterocycles. The van der Waals surface area contributed by atoms with Crippen LogP contribution in [0.4, 0.5) is 0 Å². The number of hydrogen-bond donors (Lipinski definition) is 1. The Balaban J connectivity index is 2.52. The molecule has 0 aliphatic heterocycles. The SMILES string of the molecule is Cc1cccc(C(=O)O)c1Oc1nccn(C)c1=O. The minimum atomic E-state index is -1.12. The number of nitrogens with zero attached hydrogens (tertiary/aromatic N) is 2. The molecule has 0 radical (unpaired) electrons. The van der Waals surface area contributed by atoms with E-state index in [4.69, 9.17) is 9.84 Å². The van der Waals surface area contributed by atoms with Crippen molar-refractivity contribution in [1.29, 1.82) is 0 Å². The van der Waals surface area contributed by atoms with E-state index in [1.165, 1.54) is 23.0 Å². The van der Waals surface area contributed by atoms with E-state index in [1.54, 1.807) is 26.1 Å². The summed E-state index contributed by atoms with van der Waals surface area (Å²) in [6.07, 6.45) is 2.90. The molecule has 0 spiro atoms. The van der Waals surface area contributed by atoms with Crippen molar-refractivity contribution >= 4 is 5.97 Å². The molecular formula is C13H12N2O4. The van der Waals surface area contributed by atoms with Crippen LogP contribution in [0.1, 0.15) is 15.9 Å². The topological polar surface area (TPSA) is 81.4 Å². The molecule has 2 rings (SSSR count). The van der Waals surface area contributed by atoms with Crippen LogP contribution in [0.15, 0.2) is 35.4 Å². The Bertz CT molecular complexity index is 691. The molecule has 2 aromatic rings. The molecule has 6 nitrogen and oxygen atoms in total. The second kappa shape index (κ2) is 4.93. The van der Waals surface area contributed by atoms with E-state index >= 15 is 0 Å². The van der Waals surface area contributed by atoms with Crippen LogP contribution in [0.25, 0.3) is 0 Å². The highest BCUT2D eigenvalue weighted by atomic mass is 16.5. The number of hydrogen-bond acceptors (Lipinski definition) is 4. The third-order valence-corrected chi connectivity index (χ3v) is 2.63. The Morgan fingerprint density at radius 3 is 2.84 bits per heavy atom. The number of aryl methyl sites for hydroxylation is 2. The second-order valence-electron chi connectivity index (χ2n) is 4.01. The monoisotopic (exact) mass is 260 g/mol. The zero-order chi connectivity index (χ0) is 14.0. The molecule has 0 saturated carbocycles. The van der Waals surface area contributed by atoms with Crippen LogP contribution < -0.4 is 10.3 Å². The first-order valence-electron chi connectivity index (χ1n) is 5.53. The van der Waals surface area contributed by atoms with Crippen LogP contribution in [0.2, 0.25) is 0 Å². The Morgan fingerprint density at radius 2 is 2.16 bits per heavy atom. The summed E-state index contributed by atoms with van der Waals surface area (Å²) in [6, 6.07) is 4.73. The van der Waals surface area contributed by atoms with Gasteiger partial charge in [-0.15, -0.1) is 0 Å². The van der Waals surface area contributed by atoms with E-state index in [0.717, 1.165) is 0 Å². The van der Waals surface area contributed by atoms with Crippen LogP contribution in [0.5, 0.6) is 11.6 Å². The van der Waals surface area contributed by atoms with Gasteiger partial charge >= 0.3 is 11.5 Å². The van der Waals surface area contributed by atoms with Crippen molar-refractivity contribution in [1.82, 2.24) is 9.55 Å². The first-order chi connectivity index (χ1) is 9.00. The van der Waals surface area contributed by atoms with Crippen molar-refractivity contribution in [2.45, 2.75) is 6.92 Å². The van der Waals surface area contributed by atoms with Gasteiger partial charge in [-0.05, 0) is 18.6 Å². The largest absolute Gasteiger partial charge is 0.478 e. The molecule has 0 bridgehead atoms. The van der Waals surface area contributed by atoms with Gasteiger partial charge in [-0.25, -0.2) is 9.78 Å². The lowest BCUT2D eigenvalue weighted by atomic mass is 10.1. The Morgan fingerprint density at radius 1 is 1.42 bits per heavy atom. The lowest BCUT2D eigenvalue weighted by Gasteiger charge is -2.10. The number of rotatable bonds is 3. The summed E-state index contributed by atoms with van der Waals surface area (Å²) in [4.78, 5) is 26.8. The predicted octanol–water partition coefficient (Wildman–Crippen LogP) is 1.58. The maximum Gasteiger partial charge on any atom is 0.339 e. The molecule has 0 unspecified atom stereocenters. The average molecular weight is 260 g/mol. The molecule has 0 aliphatic rings. The van der Waals surface area contributed by atoms with Gasteiger partial charge < -0.3 is 14.4 Å². The van der Waals surface area contributed by atoms with Crippen molar-refractivity contribution < 1.29 is 14.6 Å². The van der Waals surface area contributed by atoms with Gasteiger partial charge in [0.15, 0.2) is 0 Å². The maximum absolute atomic E-state index is 11.8. The fourth-order valence-corrected chi connectivity index (χ4v) is 1.60. The number of carboxylic acids is 1. The van der Waals surface area contributed by atoms with Gasteiger partial charge in [0.25, 0.3) is 5.88 Å². The van der Waals surface area contributed by atoms with Crippen LogP contribution in [-0.4, -0.2) is 20.6 Å². The number of benzene rings is 1. The Labute approximate surface area is 108 Å². The minimum Gasteiger partial charge on any atom is -0.478 e. The summed E-state index contributed by atoms with van der Waals surface area (Å²) < 4.78 is 6.69. The van der Waals surface area contributed by atoms with E-state index in [1.807, 2.05) is 0 Å². The zero-order valence-electron chi connectivity index (χ0n) is 10.5. The number of carbonyl (C=O) groups is 1. The lowest BCUT2D eigenvalue weighted by molar-refractivity contribution is 0.0694. The Hall–Kier alpha value is -2.63. The second-order valence-corrected chi connectivity index (χ2v) is 4.01. The lowest BCUT2D eigenvalue weighted by Crippen LogP contribution is -2.19. The maximum atomic E-state index is 11.8. The van der Waals surface area contributed by atoms with E-state index < -0.39 is 11.5 Å². The number of para-hydroxylation sites is 1. The van der Waals surface area contributed by atoms with Crippen molar-refractivity contribution in [3.8, 4) is 11.6 Å². The first kappa shape index (κ1) is 12.8. The molecule has 0 atom stereocenters. The summed E-state index contributed by atoms with van der Waals surface area (Å²) in [5.41, 5.74) is 0.183. The van der Waals surface area contributed by atoms with Gasteiger partial charge in [0.2, 0.25) is 0 Å². The van der Waals surface area contributed by atoms with Gasteiger partial charge in [0.1, 0.15) is 11.3 Å². The van der Waals surface area contributed by atoms with Gasteiger partial charge in [-0.3, -0.25) is 4.79 Å². The molecule has 98 valence electrons. The molecular weight excluding hydrogens is 248 g/mol. The standard InChI is InChI=1S/C13H12N2O4/c1-8-4-3-5-9(13(17)18)10(8)19-11-12(16)15(2)7-6-14-11/h3-7H,1-2H3,(H,17,18). The third kappa shape index (κ3) is 2.47. The first-order valence-corrected chi connectivity index (χ1v) is 5.53. The minimum absolute atomic E-state index is 0.00675. The number of aromatic nitrogens is 2. The number of aromatic carboxylic acids is 1. The van der Waals surface area contributed by atoms with E-state index in [0.29, 0.717) is 5.56 Å². The van der Waals surface area contributed by atoms with Crippen LogP contribution in [0.3, 0.4) is 0 Å². The molecule has 0 aliphatic carbocycles. The molecule has 6 heteroatoms. The van der Waals surface area contributed by atoms with Gasteiger partial charge in [0.05, 0.1) is 0 Å². The average Bonchev–Trinajstić information content (AvgIpc) is 2.36. The van der Waals surface area contributed by atoms with Gasteiger partial charge in [0, 0.05) is 19.4 Å². The summed E-state index contributed by atoms with van der Waals surface area (Å²) >= 11 is 0. The van der Waals surface area contributed by atoms with Gasteiger partial charge in [-0.1, -0.05) is 12.1 Å². The van der Waals surface area contributed by atoms with E-state index in [2.05, 4.69) is 4.98 Å². The summed E-state index contributed by atoms with van der Waals surface area (Å²) in [5.74, 6) is -1.14. The van der Waals surface area contributed by atoms with E-state index in [9.17, 15) is 9.59 Å². The highest BCUT2D eigenvalue weighted by molar-refractivity contribution is 5.91. The van der Waals surface area contributed by atoms with Crippen LogP contribution >= 0.6 is 0 Å². The van der Waals surface area contributed by atoms with Crippen LogP contribution in [0, 0.1) is 6.92 Å². The van der Waals surface area contributed by atoms with Gasteiger partial charge in [-0.2, -0.15) is 0 Å². The fourth-order valence-electron chi connectivity index (χ4n) is 1.60. The summed E-state index contributed by atoms with van der Waals surface area (Å²) in [6.45, 7) is 1.70. The fraction of sp³-hybridized carbons (Fsp3) is 0.154. The molecule has 0 amide bonds. The quantitative estimate of drug-likeness (QED) is 0.906. The zero-order valence-corrected chi connectivity index (χ0v) is 10.5. The molecule has 0 fully saturated rings. The molecule has 1 aromatic carbocycles. The number of ether oxygens (including phenoxy) is 1. The van der Waals surface area contributed by atoms with Crippen molar-refractivity contribution in [3.63, 3.8) is 0 Å². The Kier molecular flexibility index (Phi) is 3.33. The highest BCUT2D eigenvalue weighted by Crippen LogP contribution is 2.26. The van der Waals surface area contributed by atoms with Crippen molar-refractivity contribution in [2.75, 3.05) is 0 Å². The molecule has 1 heterocycles. The number of carboxylic acid groups (broad SMARTS) is 1. The van der Waals surface area contributed by atoms with Crippen molar-refractivity contribution in [2.24, 2.45) is 7.05 Å². The summed E-state index contributed by atoms with van der Waals surface area (Å²) in [5, 5.41) is 9.11. The van der Waals surface area contributed by atoms with Crippen molar-refractivity contribution in [3.05, 3.63) is 52.1 Å². The molecule has 0 saturated heterocycles. The van der Waals surface area contributed by atoms with Crippen LogP contribution in [-0.2, 0) is 7.05 Å². The summed E-state index contributed by atoms with van der Waals surface area (Å²) in [7, 11) is 1.56. The molecule has 1 N–H and O–H groups in total. The molecule has 19 heavy (non-hydrogen) atoms. The smallest absolute Gasteiger partial charge is 0.339 e. The van der Waals surface area contributed by atoms with E-state index in [-0.39, 0.29) is 17.2 Å². The normalized spacial score (nSPS) is 10.2. The third-order valence-electron chi connectivity index (χ3n) is 2.63. The highest BCUT2D eigenvalue weighted by Gasteiger charge is 2.16.